The van der Waals surface area contributed by atoms with Gasteiger partial charge in [-0.2, -0.15) is 12.7 Å². The van der Waals surface area contributed by atoms with E-state index < -0.39 is 10.3 Å². The molecule has 0 spiro atoms. The van der Waals surface area contributed by atoms with E-state index in [0.29, 0.717) is 17.6 Å². The van der Waals surface area contributed by atoms with Crippen LogP contribution < -0.4 is 4.18 Å². The van der Waals surface area contributed by atoms with E-state index in [0.717, 1.165) is 19.6 Å². The van der Waals surface area contributed by atoms with Crippen LogP contribution in [0.15, 0.2) is 22.9 Å². The van der Waals surface area contributed by atoms with E-state index in [1.54, 1.807) is 12.3 Å². The number of piperazine rings is 1. The number of rotatable bonds is 4. The second-order valence-electron chi connectivity index (χ2n) is 4.21. The van der Waals surface area contributed by atoms with Crippen molar-refractivity contribution in [2.24, 2.45) is 0 Å². The zero-order valence-corrected chi connectivity index (χ0v) is 13.0. The SMILES string of the molecule is CCN1CCN(S(=O)(=O)Oc2cncc(Br)c2)CC1. The highest BCUT2D eigenvalue weighted by Gasteiger charge is 2.28. The summed E-state index contributed by atoms with van der Waals surface area (Å²) in [5, 5.41) is 0. The Balaban J connectivity index is 2.03. The van der Waals surface area contributed by atoms with Crippen LogP contribution in [0.5, 0.6) is 5.75 Å². The topological polar surface area (TPSA) is 62.7 Å². The zero-order chi connectivity index (χ0) is 13.9. The molecule has 19 heavy (non-hydrogen) atoms. The lowest BCUT2D eigenvalue weighted by atomic mass is 10.4. The largest absolute Gasteiger partial charge is 0.385 e. The molecule has 106 valence electrons. The second-order valence-corrected chi connectivity index (χ2v) is 6.67. The average molecular weight is 350 g/mol. The fourth-order valence-corrected chi connectivity index (χ4v) is 3.28. The van der Waals surface area contributed by atoms with Gasteiger partial charge in [-0.3, -0.25) is 4.98 Å². The highest BCUT2D eigenvalue weighted by Crippen LogP contribution is 2.19. The number of hydrogen-bond donors (Lipinski definition) is 0. The van der Waals surface area contributed by atoms with Crippen molar-refractivity contribution in [1.29, 1.82) is 0 Å². The van der Waals surface area contributed by atoms with Crippen LogP contribution in [0.1, 0.15) is 6.92 Å². The standard InChI is InChI=1S/C11H16BrN3O3S/c1-2-14-3-5-15(6-4-14)19(16,17)18-11-7-10(12)8-13-9-11/h7-9H,2-6H2,1H3. The number of halogens is 1. The molecule has 0 N–H and O–H groups in total. The summed E-state index contributed by atoms with van der Waals surface area (Å²) >= 11 is 3.23. The molecule has 2 rings (SSSR count). The second kappa shape index (κ2) is 6.17. The number of pyridine rings is 1. The molecule has 1 saturated heterocycles. The van der Waals surface area contributed by atoms with Crippen LogP contribution in [0.2, 0.25) is 0 Å². The Kier molecular flexibility index (Phi) is 4.77. The lowest BCUT2D eigenvalue weighted by molar-refractivity contribution is 0.188. The molecule has 0 unspecified atom stereocenters. The molecule has 1 aromatic rings. The third-order valence-electron chi connectivity index (χ3n) is 2.98. The maximum atomic E-state index is 12.1. The van der Waals surface area contributed by atoms with Gasteiger partial charge in [0.1, 0.15) is 0 Å². The number of likely N-dealkylation sites (N-methyl/N-ethyl adjacent to an activating group) is 1. The van der Waals surface area contributed by atoms with Crippen LogP contribution in [0.4, 0.5) is 0 Å². The first-order chi connectivity index (χ1) is 9.01. The summed E-state index contributed by atoms with van der Waals surface area (Å²) in [7, 11) is -3.74. The summed E-state index contributed by atoms with van der Waals surface area (Å²) in [5.41, 5.74) is 0. The third-order valence-corrected chi connectivity index (χ3v) is 4.81. The van der Waals surface area contributed by atoms with Gasteiger partial charge in [0, 0.05) is 36.8 Å². The fraction of sp³-hybridized carbons (Fsp3) is 0.545. The van der Waals surface area contributed by atoms with Gasteiger partial charge in [0.2, 0.25) is 0 Å². The van der Waals surface area contributed by atoms with E-state index in [9.17, 15) is 8.42 Å². The average Bonchev–Trinajstić information content (AvgIpc) is 2.38. The Morgan fingerprint density at radius 3 is 2.58 bits per heavy atom. The summed E-state index contributed by atoms with van der Waals surface area (Å²) < 4.78 is 31.3. The number of hydrogen-bond acceptors (Lipinski definition) is 5. The molecule has 1 aromatic heterocycles. The molecule has 1 fully saturated rings. The van der Waals surface area contributed by atoms with E-state index in [4.69, 9.17) is 4.18 Å². The predicted molar refractivity (Wildman–Crippen MR) is 75.2 cm³/mol. The van der Waals surface area contributed by atoms with Crippen molar-refractivity contribution in [1.82, 2.24) is 14.2 Å². The van der Waals surface area contributed by atoms with Crippen molar-refractivity contribution in [2.75, 3.05) is 32.7 Å². The van der Waals surface area contributed by atoms with E-state index in [1.165, 1.54) is 10.5 Å². The minimum absolute atomic E-state index is 0.215. The molecule has 0 amide bonds. The van der Waals surface area contributed by atoms with Crippen molar-refractivity contribution in [3.8, 4) is 5.75 Å². The third kappa shape index (κ3) is 3.88. The van der Waals surface area contributed by atoms with E-state index in [1.807, 2.05) is 0 Å². The van der Waals surface area contributed by atoms with Gasteiger partial charge < -0.3 is 9.08 Å². The lowest BCUT2D eigenvalue weighted by Gasteiger charge is -2.32. The van der Waals surface area contributed by atoms with Crippen LogP contribution in [-0.2, 0) is 10.3 Å². The minimum Gasteiger partial charge on any atom is -0.369 e. The minimum atomic E-state index is -3.74. The normalized spacial score (nSPS) is 18.4. The maximum absolute atomic E-state index is 12.1. The van der Waals surface area contributed by atoms with Crippen molar-refractivity contribution >= 4 is 26.2 Å². The van der Waals surface area contributed by atoms with Crippen molar-refractivity contribution < 1.29 is 12.6 Å². The molecule has 0 aliphatic carbocycles. The molecule has 6 nitrogen and oxygen atoms in total. The Morgan fingerprint density at radius 2 is 2.00 bits per heavy atom. The summed E-state index contributed by atoms with van der Waals surface area (Å²) in [6.07, 6.45) is 2.95. The fourth-order valence-electron chi connectivity index (χ4n) is 1.88. The van der Waals surface area contributed by atoms with Crippen molar-refractivity contribution in [3.63, 3.8) is 0 Å². The number of nitrogens with zero attached hydrogens (tertiary/aromatic N) is 3. The van der Waals surface area contributed by atoms with Crippen molar-refractivity contribution in [2.45, 2.75) is 6.92 Å². The van der Waals surface area contributed by atoms with Crippen molar-refractivity contribution in [3.05, 3.63) is 22.9 Å². The highest BCUT2D eigenvalue weighted by molar-refractivity contribution is 9.10. The molecule has 0 atom stereocenters. The Labute approximate surface area is 121 Å². The summed E-state index contributed by atoms with van der Waals surface area (Å²) in [6, 6.07) is 1.58. The predicted octanol–water partition coefficient (Wildman–Crippen LogP) is 1.11. The molecule has 0 saturated carbocycles. The van der Waals surface area contributed by atoms with Gasteiger partial charge in [-0.15, -0.1) is 0 Å². The summed E-state index contributed by atoms with van der Waals surface area (Å²) in [4.78, 5) is 6.08. The van der Waals surface area contributed by atoms with Gasteiger partial charge in [-0.1, -0.05) is 6.92 Å². The van der Waals surface area contributed by atoms with Gasteiger partial charge in [-0.05, 0) is 28.5 Å². The van der Waals surface area contributed by atoms with Crippen LogP contribution in [-0.4, -0.2) is 55.3 Å². The van der Waals surface area contributed by atoms with Crippen LogP contribution in [0, 0.1) is 0 Å². The molecular formula is C11H16BrN3O3S. The molecule has 1 aliphatic rings. The van der Waals surface area contributed by atoms with Crippen LogP contribution >= 0.6 is 15.9 Å². The van der Waals surface area contributed by atoms with Crippen LogP contribution in [0.3, 0.4) is 0 Å². The molecule has 2 heterocycles. The molecule has 1 aliphatic heterocycles. The highest BCUT2D eigenvalue weighted by atomic mass is 79.9. The first kappa shape index (κ1) is 14.7. The molecule has 8 heteroatoms. The molecular weight excluding hydrogens is 334 g/mol. The molecule has 0 radical (unpaired) electrons. The summed E-state index contributed by atoms with van der Waals surface area (Å²) in [5.74, 6) is 0.215. The Morgan fingerprint density at radius 1 is 1.32 bits per heavy atom. The Bertz CT molecular complexity index is 530. The van der Waals surface area contributed by atoms with Gasteiger partial charge in [0.25, 0.3) is 0 Å². The van der Waals surface area contributed by atoms with E-state index >= 15 is 0 Å². The monoisotopic (exact) mass is 349 g/mol. The van der Waals surface area contributed by atoms with Gasteiger partial charge in [-0.25, -0.2) is 0 Å². The lowest BCUT2D eigenvalue weighted by Crippen LogP contribution is -2.49. The van der Waals surface area contributed by atoms with E-state index in [-0.39, 0.29) is 5.75 Å². The first-order valence-corrected chi connectivity index (χ1v) is 8.19. The van der Waals surface area contributed by atoms with Gasteiger partial charge in [0.15, 0.2) is 5.75 Å². The first-order valence-electron chi connectivity index (χ1n) is 6.04. The number of aromatic nitrogens is 1. The van der Waals surface area contributed by atoms with Gasteiger partial charge in [0.05, 0.1) is 6.20 Å². The molecule has 0 bridgehead atoms. The van der Waals surface area contributed by atoms with Crippen LogP contribution in [0.25, 0.3) is 0 Å². The Hall–Kier alpha value is -0.700. The maximum Gasteiger partial charge on any atom is 0.385 e. The molecule has 0 aromatic carbocycles. The summed E-state index contributed by atoms with van der Waals surface area (Å²) in [6.45, 7) is 5.37. The van der Waals surface area contributed by atoms with Gasteiger partial charge >= 0.3 is 10.3 Å². The van der Waals surface area contributed by atoms with E-state index in [2.05, 4.69) is 32.7 Å². The zero-order valence-electron chi connectivity index (χ0n) is 10.6. The smallest absolute Gasteiger partial charge is 0.369 e. The quantitative estimate of drug-likeness (QED) is 0.814.